The van der Waals surface area contributed by atoms with Gasteiger partial charge in [-0.3, -0.25) is 0 Å². The number of hydrogen-bond donors (Lipinski definition) is 2. The highest BCUT2D eigenvalue weighted by Gasteiger charge is 2.35. The molecule has 0 aromatic heterocycles. The van der Waals surface area contributed by atoms with E-state index in [1.807, 2.05) is 0 Å². The smallest absolute Gasteiger partial charge is 0.345 e. The van der Waals surface area contributed by atoms with Crippen molar-refractivity contribution >= 4 is 11.1 Å². The minimum Gasteiger partial charge on any atom is -0.396 e. The van der Waals surface area contributed by atoms with Gasteiger partial charge in [0.2, 0.25) is 11.1 Å². The summed E-state index contributed by atoms with van der Waals surface area (Å²) in [6.45, 7) is -0.172. The van der Waals surface area contributed by atoms with Gasteiger partial charge in [0.1, 0.15) is 0 Å². The molecule has 0 heterocycles. The Labute approximate surface area is 65.7 Å². The van der Waals surface area contributed by atoms with E-state index in [-0.39, 0.29) is 19.4 Å². The van der Waals surface area contributed by atoms with Gasteiger partial charge in [-0.15, -0.1) is 0 Å². The van der Waals surface area contributed by atoms with Crippen LogP contribution in [0, 0.1) is 0 Å². The molecule has 6 heteroatoms. The molecule has 0 saturated heterocycles. The largest absolute Gasteiger partial charge is 0.396 e. The molecule has 0 aliphatic carbocycles. The number of aliphatic hydroxyl groups excluding tert-OH is 1. The first-order valence-corrected chi connectivity index (χ1v) is 4.21. The fourth-order valence-corrected chi connectivity index (χ4v) is 0.849. The van der Waals surface area contributed by atoms with E-state index in [0.29, 0.717) is 0 Å². The lowest BCUT2D eigenvalue weighted by Gasteiger charge is -2.09. The van der Waals surface area contributed by atoms with Gasteiger partial charge < -0.3 is 9.66 Å². The molecule has 0 aliphatic rings. The fraction of sp³-hybridized carbons (Fsp3) is 1.00. The summed E-state index contributed by atoms with van der Waals surface area (Å²) in [5, 5.41) is 4.69. The van der Waals surface area contributed by atoms with Crippen molar-refractivity contribution in [1.29, 1.82) is 0 Å². The molecule has 0 saturated carbocycles. The van der Waals surface area contributed by atoms with E-state index in [0.717, 1.165) is 0 Å². The first-order valence-electron chi connectivity index (χ1n) is 3.10. The minimum atomic E-state index is -3.53. The summed E-state index contributed by atoms with van der Waals surface area (Å²) in [5.41, 5.74) is 0. The van der Waals surface area contributed by atoms with E-state index in [2.05, 4.69) is 0 Å². The SMILES string of the molecule is O=S(O)C(F)(F)CCCCO. The van der Waals surface area contributed by atoms with Crippen LogP contribution in [0.3, 0.4) is 0 Å². The van der Waals surface area contributed by atoms with E-state index in [1.54, 1.807) is 0 Å². The summed E-state index contributed by atoms with van der Waals surface area (Å²) in [7, 11) is 0. The zero-order valence-electron chi connectivity index (χ0n) is 5.80. The summed E-state index contributed by atoms with van der Waals surface area (Å²) in [6.07, 6.45) is -0.376. The summed E-state index contributed by atoms with van der Waals surface area (Å²) >= 11 is -3.09. The van der Waals surface area contributed by atoms with Crippen LogP contribution >= 0.6 is 0 Å². The van der Waals surface area contributed by atoms with Crippen molar-refractivity contribution in [2.45, 2.75) is 24.5 Å². The molecule has 0 aromatic rings. The average Bonchev–Trinajstić information content (AvgIpc) is 1.88. The molecule has 0 rings (SSSR count). The summed E-state index contributed by atoms with van der Waals surface area (Å²) in [5.74, 6) is 0. The Morgan fingerprint density at radius 2 is 1.91 bits per heavy atom. The number of halogens is 2. The molecule has 0 amide bonds. The van der Waals surface area contributed by atoms with Crippen LogP contribution in [0.1, 0.15) is 19.3 Å². The predicted octanol–water partition coefficient (Wildman–Crippen LogP) is 0.964. The van der Waals surface area contributed by atoms with Gasteiger partial charge in [-0.2, -0.15) is 8.78 Å². The molecule has 1 unspecified atom stereocenters. The van der Waals surface area contributed by atoms with Gasteiger partial charge in [0.25, 0.3) is 0 Å². The Hall–Kier alpha value is -0.0700. The highest BCUT2D eigenvalue weighted by atomic mass is 32.2. The molecular weight excluding hydrogens is 178 g/mol. The molecule has 3 nitrogen and oxygen atoms in total. The highest BCUT2D eigenvalue weighted by molar-refractivity contribution is 7.80. The fourth-order valence-electron chi connectivity index (χ4n) is 0.530. The minimum absolute atomic E-state index is 0.0514. The second kappa shape index (κ2) is 4.74. The van der Waals surface area contributed by atoms with E-state index in [9.17, 15) is 13.0 Å². The van der Waals surface area contributed by atoms with Crippen LogP contribution in [0.5, 0.6) is 0 Å². The second-order valence-corrected chi connectivity index (χ2v) is 3.16. The number of unbranched alkanes of at least 4 members (excludes halogenated alkanes) is 1. The predicted molar refractivity (Wildman–Crippen MR) is 36.7 cm³/mol. The van der Waals surface area contributed by atoms with E-state index in [1.165, 1.54) is 0 Å². The summed E-state index contributed by atoms with van der Waals surface area (Å²) in [6, 6.07) is 0. The van der Waals surface area contributed by atoms with Crippen molar-refractivity contribution in [2.75, 3.05) is 6.61 Å². The van der Waals surface area contributed by atoms with Gasteiger partial charge in [-0.1, -0.05) is 0 Å². The first kappa shape index (κ1) is 10.9. The lowest BCUT2D eigenvalue weighted by atomic mass is 10.2. The van der Waals surface area contributed by atoms with Crippen LogP contribution in [0.25, 0.3) is 0 Å². The Morgan fingerprint density at radius 3 is 2.27 bits per heavy atom. The zero-order valence-corrected chi connectivity index (χ0v) is 6.61. The third kappa shape index (κ3) is 4.39. The topological polar surface area (TPSA) is 57.5 Å². The number of aliphatic hydroxyl groups is 1. The average molecular weight is 188 g/mol. The lowest BCUT2D eigenvalue weighted by Crippen LogP contribution is -2.22. The van der Waals surface area contributed by atoms with E-state index >= 15 is 0 Å². The maximum Gasteiger partial charge on any atom is 0.345 e. The highest BCUT2D eigenvalue weighted by Crippen LogP contribution is 2.23. The first-order chi connectivity index (χ1) is 5.00. The molecule has 11 heavy (non-hydrogen) atoms. The molecule has 2 N–H and O–H groups in total. The molecule has 0 aromatic carbocycles. The van der Waals surface area contributed by atoms with Crippen LogP contribution in [-0.2, 0) is 11.1 Å². The third-order valence-electron chi connectivity index (χ3n) is 1.13. The van der Waals surface area contributed by atoms with E-state index < -0.39 is 22.8 Å². The van der Waals surface area contributed by atoms with Gasteiger partial charge in [0.15, 0.2) is 0 Å². The van der Waals surface area contributed by atoms with Gasteiger partial charge in [-0.05, 0) is 12.8 Å². The van der Waals surface area contributed by atoms with Gasteiger partial charge >= 0.3 is 5.25 Å². The molecule has 68 valence electrons. The van der Waals surface area contributed by atoms with Crippen molar-refractivity contribution in [3.05, 3.63) is 0 Å². The Bertz CT molecular complexity index is 140. The van der Waals surface area contributed by atoms with Crippen molar-refractivity contribution in [1.82, 2.24) is 0 Å². The molecule has 0 radical (unpaired) electrons. The van der Waals surface area contributed by atoms with Crippen LogP contribution in [0.4, 0.5) is 8.78 Å². The molecule has 0 aliphatic heterocycles. The maximum atomic E-state index is 12.2. The van der Waals surface area contributed by atoms with Crippen molar-refractivity contribution < 1.29 is 22.6 Å². The molecule has 1 atom stereocenters. The zero-order chi connectivity index (χ0) is 8.91. The standard InChI is InChI=1S/C5H10F2O3S/c6-5(7,11(9)10)3-1-2-4-8/h8H,1-4H2,(H,9,10). The number of hydrogen-bond acceptors (Lipinski definition) is 2. The monoisotopic (exact) mass is 188 g/mol. The normalized spacial score (nSPS) is 14.9. The van der Waals surface area contributed by atoms with Gasteiger partial charge in [0.05, 0.1) is 0 Å². The lowest BCUT2D eigenvalue weighted by molar-refractivity contribution is 0.0755. The number of rotatable bonds is 5. The van der Waals surface area contributed by atoms with Crippen LogP contribution in [0.2, 0.25) is 0 Å². The van der Waals surface area contributed by atoms with Crippen molar-refractivity contribution in [3.8, 4) is 0 Å². The van der Waals surface area contributed by atoms with E-state index in [4.69, 9.17) is 9.66 Å². The van der Waals surface area contributed by atoms with Gasteiger partial charge in [0, 0.05) is 13.0 Å². The Morgan fingerprint density at radius 1 is 1.36 bits per heavy atom. The Kier molecular flexibility index (Phi) is 4.71. The van der Waals surface area contributed by atoms with Crippen molar-refractivity contribution in [3.63, 3.8) is 0 Å². The Balaban J connectivity index is 3.64. The molecule has 0 fully saturated rings. The second-order valence-electron chi connectivity index (χ2n) is 2.07. The molecule has 0 spiro atoms. The summed E-state index contributed by atoms with van der Waals surface area (Å²) in [4.78, 5) is 0. The maximum absolute atomic E-state index is 12.2. The van der Waals surface area contributed by atoms with Crippen molar-refractivity contribution in [2.24, 2.45) is 0 Å². The molecular formula is C5H10F2O3S. The quantitative estimate of drug-likeness (QED) is 0.499. The van der Waals surface area contributed by atoms with Gasteiger partial charge in [-0.25, -0.2) is 4.21 Å². The number of alkyl halides is 2. The van der Waals surface area contributed by atoms with Crippen LogP contribution in [-0.4, -0.2) is 25.7 Å². The molecule has 0 bridgehead atoms. The third-order valence-corrected chi connectivity index (χ3v) is 1.85. The van der Waals surface area contributed by atoms with Crippen LogP contribution < -0.4 is 0 Å². The van der Waals surface area contributed by atoms with Crippen LogP contribution in [0.15, 0.2) is 0 Å². The summed E-state index contributed by atoms with van der Waals surface area (Å²) < 4.78 is 42.4.